The predicted molar refractivity (Wildman–Crippen MR) is 254 cm³/mol. The predicted octanol–water partition coefficient (Wildman–Crippen LogP) is 6.73. The molecule has 4 amide bonds. The first-order valence-electron chi connectivity index (χ1n) is 22.9. The average molecular weight is 939 g/mol. The standard InChI is InChI=1S/C51H64ClN7O8/c1-31-42(66-30-56-31)33-14-12-32(13-15-33)27-55-45(63)40-24-36(60)29-59(40)46(64)43(49(2,3)4)57-41(61)28-54-22-10-9-11-23-65-37-19-16-34(17-20-37)44(62)58-47-50(5,6)48(51(47,7)8)67-38-21-18-35(26-53)39(52)25-38/h12-21,25,30,36,40,43,47-48,54,60H,9-11,22-24,27-29H2,1-8H3,(H,55,63)(H,57,61)(H,58,62)/t36-,40+,43?,47-,48-/m1/s1. The summed E-state index contributed by atoms with van der Waals surface area (Å²) in [5.41, 5.74) is 1.96. The summed E-state index contributed by atoms with van der Waals surface area (Å²) in [4.78, 5) is 59.4. The zero-order valence-electron chi connectivity index (χ0n) is 39.7. The van der Waals surface area contributed by atoms with Crippen LogP contribution in [0.5, 0.6) is 11.5 Å². The molecule has 67 heavy (non-hydrogen) atoms. The molecule has 15 nitrogen and oxygen atoms in total. The molecule has 0 bridgehead atoms. The Morgan fingerprint density at radius 1 is 0.985 bits per heavy atom. The third kappa shape index (κ3) is 12.2. The van der Waals surface area contributed by atoms with Crippen molar-refractivity contribution in [3.63, 3.8) is 0 Å². The van der Waals surface area contributed by atoms with Crippen LogP contribution in [-0.2, 0) is 20.9 Å². The van der Waals surface area contributed by atoms with E-state index in [0.717, 1.165) is 36.1 Å². The molecule has 2 heterocycles. The first kappa shape index (κ1) is 50.5. The number of nitriles is 1. The van der Waals surface area contributed by atoms with E-state index < -0.39 is 29.5 Å². The fourth-order valence-corrected chi connectivity index (χ4v) is 9.64. The van der Waals surface area contributed by atoms with Crippen molar-refractivity contribution in [1.82, 2.24) is 31.2 Å². The van der Waals surface area contributed by atoms with E-state index in [1.54, 1.807) is 42.5 Å². The lowest BCUT2D eigenvalue weighted by atomic mass is 9.49. The van der Waals surface area contributed by atoms with E-state index in [2.05, 4.69) is 60.0 Å². The van der Waals surface area contributed by atoms with Gasteiger partial charge in [0.25, 0.3) is 5.91 Å². The number of β-amino-alcohol motifs (C(OH)–C–C–N with tert-alkyl or cyclic N) is 1. The highest BCUT2D eigenvalue weighted by molar-refractivity contribution is 6.31. The Morgan fingerprint density at radius 3 is 2.30 bits per heavy atom. The van der Waals surface area contributed by atoms with Gasteiger partial charge in [-0.15, -0.1) is 0 Å². The molecule has 1 saturated carbocycles. The maximum atomic E-state index is 14.0. The van der Waals surface area contributed by atoms with Crippen molar-refractivity contribution in [2.45, 2.75) is 118 Å². The summed E-state index contributed by atoms with van der Waals surface area (Å²) in [7, 11) is 0. The molecule has 3 atom stereocenters. The van der Waals surface area contributed by atoms with Crippen LogP contribution < -0.4 is 30.7 Å². The minimum absolute atomic E-state index is 0.00896. The van der Waals surface area contributed by atoms with Gasteiger partial charge in [-0.1, -0.05) is 84.3 Å². The van der Waals surface area contributed by atoms with Gasteiger partial charge in [-0.25, -0.2) is 4.98 Å². The number of aliphatic hydroxyl groups excluding tert-OH is 1. The van der Waals surface area contributed by atoms with Crippen molar-refractivity contribution < 1.29 is 38.2 Å². The van der Waals surface area contributed by atoms with Gasteiger partial charge in [-0.3, -0.25) is 19.2 Å². The molecule has 16 heteroatoms. The van der Waals surface area contributed by atoms with Crippen molar-refractivity contribution >= 4 is 35.2 Å². The number of ether oxygens (including phenoxy) is 2. The fourth-order valence-electron chi connectivity index (χ4n) is 9.43. The van der Waals surface area contributed by atoms with Crippen LogP contribution in [0.4, 0.5) is 0 Å². The molecule has 3 aromatic carbocycles. The van der Waals surface area contributed by atoms with Gasteiger partial charge in [0.1, 0.15) is 35.8 Å². The lowest BCUT2D eigenvalue weighted by Gasteiger charge is -2.63. The minimum atomic E-state index is -0.923. The molecule has 358 valence electrons. The summed E-state index contributed by atoms with van der Waals surface area (Å²) < 4.78 is 17.8. The number of hydrogen-bond acceptors (Lipinski definition) is 11. The van der Waals surface area contributed by atoms with Gasteiger partial charge in [0, 0.05) is 53.6 Å². The minimum Gasteiger partial charge on any atom is -0.494 e. The van der Waals surface area contributed by atoms with Crippen molar-refractivity contribution in [3.8, 4) is 28.9 Å². The number of halogens is 1. The maximum absolute atomic E-state index is 14.0. The second-order valence-corrected chi connectivity index (χ2v) is 20.3. The largest absolute Gasteiger partial charge is 0.494 e. The monoisotopic (exact) mass is 937 g/mol. The Hall–Kier alpha value is -5.95. The molecule has 2 fully saturated rings. The van der Waals surface area contributed by atoms with E-state index in [1.165, 1.54) is 11.3 Å². The Kier molecular flexibility index (Phi) is 16.1. The number of likely N-dealkylation sites (tertiary alicyclic amines) is 1. The highest BCUT2D eigenvalue weighted by atomic mass is 35.5. The number of hydrogen-bond donors (Lipinski definition) is 5. The Bertz CT molecular complexity index is 2410. The van der Waals surface area contributed by atoms with Crippen LogP contribution >= 0.6 is 11.6 Å². The molecule has 1 aliphatic heterocycles. The number of carbonyl (C=O) groups is 4. The van der Waals surface area contributed by atoms with Crippen LogP contribution in [0.1, 0.15) is 101 Å². The summed E-state index contributed by atoms with van der Waals surface area (Å²) in [5.74, 6) is 0.584. The fraction of sp³-hybridized carbons (Fsp3) is 0.490. The molecule has 6 rings (SSSR count). The Labute approximate surface area is 398 Å². The number of aliphatic hydroxyl groups is 1. The van der Waals surface area contributed by atoms with E-state index in [1.807, 2.05) is 52.0 Å². The smallest absolute Gasteiger partial charge is 0.251 e. The van der Waals surface area contributed by atoms with Gasteiger partial charge in [0.2, 0.25) is 17.7 Å². The molecular formula is C51H64ClN7O8. The molecule has 0 spiro atoms. The third-order valence-corrected chi connectivity index (χ3v) is 13.1. The maximum Gasteiger partial charge on any atom is 0.251 e. The van der Waals surface area contributed by atoms with E-state index in [4.69, 9.17) is 25.5 Å². The molecular weight excluding hydrogens is 874 g/mol. The molecule has 0 radical (unpaired) electrons. The molecule has 1 saturated heterocycles. The van der Waals surface area contributed by atoms with E-state index in [0.29, 0.717) is 46.6 Å². The normalized spacial score (nSPS) is 19.9. The first-order valence-corrected chi connectivity index (χ1v) is 23.2. The number of rotatable bonds is 19. The van der Waals surface area contributed by atoms with Crippen LogP contribution in [0.2, 0.25) is 5.02 Å². The number of nitrogens with one attached hydrogen (secondary N) is 4. The molecule has 1 aromatic heterocycles. The summed E-state index contributed by atoms with van der Waals surface area (Å²) in [6.07, 6.45) is 2.85. The van der Waals surface area contributed by atoms with Gasteiger partial charge >= 0.3 is 0 Å². The summed E-state index contributed by atoms with van der Waals surface area (Å²) in [5, 5.41) is 32.3. The number of carbonyl (C=O) groups excluding carboxylic acids is 4. The van der Waals surface area contributed by atoms with E-state index in [-0.39, 0.29) is 66.8 Å². The van der Waals surface area contributed by atoms with Gasteiger partial charge in [-0.2, -0.15) is 5.26 Å². The summed E-state index contributed by atoms with van der Waals surface area (Å²) in [6.45, 7) is 17.0. The number of nitrogens with zero attached hydrogens (tertiary/aromatic N) is 3. The molecule has 2 aliphatic rings. The summed E-state index contributed by atoms with van der Waals surface area (Å²) in [6, 6.07) is 19.7. The van der Waals surface area contributed by atoms with Crippen molar-refractivity contribution in [1.29, 1.82) is 5.26 Å². The second-order valence-electron chi connectivity index (χ2n) is 19.9. The Morgan fingerprint density at radius 2 is 1.67 bits per heavy atom. The van der Waals surface area contributed by atoms with Crippen LogP contribution in [0.3, 0.4) is 0 Å². The number of aromatic nitrogens is 1. The number of amides is 4. The van der Waals surface area contributed by atoms with Gasteiger partial charge < -0.3 is 45.2 Å². The lowest BCUT2D eigenvalue weighted by molar-refractivity contribution is -0.164. The highest BCUT2D eigenvalue weighted by Crippen LogP contribution is 2.55. The lowest BCUT2D eigenvalue weighted by Crippen LogP contribution is -2.74. The zero-order valence-corrected chi connectivity index (χ0v) is 40.5. The molecule has 4 aromatic rings. The van der Waals surface area contributed by atoms with Crippen LogP contribution in [0.15, 0.2) is 77.5 Å². The average Bonchev–Trinajstić information content (AvgIpc) is 3.91. The van der Waals surface area contributed by atoms with Crippen LogP contribution in [-0.4, -0.2) is 95.2 Å². The number of unbranched alkanes of at least 4 members (excludes halogenated alkanes) is 2. The second kappa shape index (κ2) is 21.3. The highest BCUT2D eigenvalue weighted by Gasteiger charge is 2.64. The Balaban J connectivity index is 0.878. The number of aryl methyl sites for hydroxylation is 1. The van der Waals surface area contributed by atoms with Crippen molar-refractivity contribution in [2.24, 2.45) is 16.2 Å². The van der Waals surface area contributed by atoms with Crippen molar-refractivity contribution in [2.75, 3.05) is 26.2 Å². The molecule has 5 N–H and O–H groups in total. The van der Waals surface area contributed by atoms with E-state index in [9.17, 15) is 29.5 Å². The molecule has 1 unspecified atom stereocenters. The SMILES string of the molecule is Cc1ncoc1-c1ccc(CNC(=O)[C@@H]2C[C@@H](O)CN2C(=O)C(NC(=O)CNCCCCCOc2ccc(C(=O)N[C@H]3C(C)(C)[C@H](Oc4ccc(C#N)c(Cl)c4)C3(C)C)cc2)C(C)(C)C)cc1. The topological polar surface area (TPSA) is 208 Å². The van der Waals surface area contributed by atoms with Crippen LogP contribution in [0.25, 0.3) is 11.3 Å². The van der Waals surface area contributed by atoms with Gasteiger partial charge in [0.15, 0.2) is 12.2 Å². The quantitative estimate of drug-likeness (QED) is 0.0623. The molecule has 1 aliphatic carbocycles. The summed E-state index contributed by atoms with van der Waals surface area (Å²) >= 11 is 6.23. The zero-order chi connectivity index (χ0) is 48.7. The van der Waals surface area contributed by atoms with E-state index >= 15 is 0 Å². The van der Waals surface area contributed by atoms with Crippen molar-refractivity contribution in [3.05, 3.63) is 101 Å². The number of oxazole rings is 1. The van der Waals surface area contributed by atoms with Gasteiger partial charge in [0.05, 0.1) is 35.5 Å². The third-order valence-electron chi connectivity index (χ3n) is 12.8. The first-order chi connectivity index (χ1) is 31.7. The van der Waals surface area contributed by atoms with Crippen LogP contribution in [0, 0.1) is 34.5 Å². The number of benzene rings is 3. The van der Waals surface area contributed by atoms with Gasteiger partial charge in [-0.05, 0) is 80.1 Å².